The zero-order valence-corrected chi connectivity index (χ0v) is 12.3. The van der Waals surface area contributed by atoms with Crippen molar-refractivity contribution in [2.24, 2.45) is 12.8 Å². The van der Waals surface area contributed by atoms with E-state index < -0.39 is 0 Å². The number of hydrogen-bond acceptors (Lipinski definition) is 4. The van der Waals surface area contributed by atoms with Gasteiger partial charge in [0.25, 0.3) is 0 Å². The van der Waals surface area contributed by atoms with E-state index in [0.717, 1.165) is 25.3 Å². The van der Waals surface area contributed by atoms with Gasteiger partial charge < -0.3 is 5.73 Å². The highest BCUT2D eigenvalue weighted by atomic mass is 15.4. The smallest absolute Gasteiger partial charge is 0.0967 e. The average Bonchev–Trinajstić information content (AvgIpc) is 2.69. The van der Waals surface area contributed by atoms with Gasteiger partial charge in [-0.05, 0) is 19.4 Å². The van der Waals surface area contributed by atoms with E-state index in [9.17, 15) is 0 Å². The molecule has 0 atom stereocenters. The van der Waals surface area contributed by atoms with Gasteiger partial charge in [0, 0.05) is 31.9 Å². The number of aryl methyl sites for hydroxylation is 1. The van der Waals surface area contributed by atoms with Gasteiger partial charge in [-0.3, -0.25) is 9.58 Å². The summed E-state index contributed by atoms with van der Waals surface area (Å²) in [7, 11) is 1.91. The van der Waals surface area contributed by atoms with Crippen LogP contribution in [0.4, 0.5) is 0 Å². The summed E-state index contributed by atoms with van der Waals surface area (Å²) in [6, 6.07) is 0. The van der Waals surface area contributed by atoms with Crippen LogP contribution in [0.15, 0.2) is 6.20 Å². The van der Waals surface area contributed by atoms with E-state index in [1.165, 1.54) is 38.5 Å². The predicted molar refractivity (Wildman–Crippen MR) is 76.6 cm³/mol. The SMILES string of the molecule is CCN(Cc1cn(C)nn1)C1(CN)CCCCCC1. The van der Waals surface area contributed by atoms with E-state index in [1.54, 1.807) is 4.68 Å². The molecule has 1 aromatic rings. The fraction of sp³-hybridized carbons (Fsp3) is 0.857. The van der Waals surface area contributed by atoms with Crippen LogP contribution in [0.1, 0.15) is 51.1 Å². The number of rotatable bonds is 5. The molecular weight excluding hydrogens is 238 g/mol. The molecule has 0 amide bonds. The van der Waals surface area contributed by atoms with Gasteiger partial charge in [-0.15, -0.1) is 5.10 Å². The minimum Gasteiger partial charge on any atom is -0.329 e. The summed E-state index contributed by atoms with van der Waals surface area (Å²) in [6.45, 7) is 4.86. The highest BCUT2D eigenvalue weighted by molar-refractivity contribution is 4.98. The maximum Gasteiger partial charge on any atom is 0.0967 e. The molecule has 0 bridgehead atoms. The summed E-state index contributed by atoms with van der Waals surface area (Å²) < 4.78 is 1.77. The number of hydrogen-bond donors (Lipinski definition) is 1. The van der Waals surface area contributed by atoms with E-state index in [2.05, 4.69) is 22.1 Å². The Bertz CT molecular complexity index is 379. The second-order valence-electron chi connectivity index (χ2n) is 5.74. The summed E-state index contributed by atoms with van der Waals surface area (Å²) in [5.74, 6) is 0. The number of aromatic nitrogens is 3. The summed E-state index contributed by atoms with van der Waals surface area (Å²) >= 11 is 0. The largest absolute Gasteiger partial charge is 0.329 e. The first kappa shape index (κ1) is 14.5. The molecule has 0 spiro atoms. The third-order valence-corrected chi connectivity index (χ3v) is 4.47. The molecule has 0 radical (unpaired) electrons. The summed E-state index contributed by atoms with van der Waals surface area (Å²) in [6.07, 6.45) is 9.75. The van der Waals surface area contributed by atoms with Gasteiger partial charge in [0.05, 0.1) is 5.69 Å². The van der Waals surface area contributed by atoms with Crippen molar-refractivity contribution in [3.63, 3.8) is 0 Å². The van der Waals surface area contributed by atoms with E-state index in [4.69, 9.17) is 5.73 Å². The molecule has 2 rings (SSSR count). The van der Waals surface area contributed by atoms with Gasteiger partial charge >= 0.3 is 0 Å². The Kier molecular flexibility index (Phi) is 4.93. The van der Waals surface area contributed by atoms with Crippen LogP contribution in [-0.2, 0) is 13.6 Å². The molecule has 1 aliphatic rings. The molecule has 1 aliphatic carbocycles. The molecule has 1 aromatic heterocycles. The molecule has 19 heavy (non-hydrogen) atoms. The van der Waals surface area contributed by atoms with Gasteiger partial charge in [-0.25, -0.2) is 0 Å². The van der Waals surface area contributed by atoms with Crippen LogP contribution < -0.4 is 5.73 Å². The first-order valence-corrected chi connectivity index (χ1v) is 7.50. The molecule has 1 heterocycles. The maximum absolute atomic E-state index is 6.16. The van der Waals surface area contributed by atoms with Crippen LogP contribution in [0, 0.1) is 0 Å². The Hall–Kier alpha value is -0.940. The van der Waals surface area contributed by atoms with Crippen LogP contribution in [-0.4, -0.2) is 38.5 Å². The highest BCUT2D eigenvalue weighted by Crippen LogP contribution is 2.32. The van der Waals surface area contributed by atoms with E-state index in [0.29, 0.717) is 0 Å². The van der Waals surface area contributed by atoms with Crippen molar-refractivity contribution in [1.29, 1.82) is 0 Å². The van der Waals surface area contributed by atoms with Crippen molar-refractivity contribution < 1.29 is 0 Å². The topological polar surface area (TPSA) is 60.0 Å². The quantitative estimate of drug-likeness (QED) is 0.823. The predicted octanol–water partition coefficient (Wildman–Crippen LogP) is 1.69. The maximum atomic E-state index is 6.16. The standard InChI is InChI=1S/C14H27N5/c1-3-19(11-13-10-18(2)17-16-13)14(12-15)8-6-4-5-7-9-14/h10H,3-9,11-12,15H2,1-2H3. The summed E-state index contributed by atoms with van der Waals surface area (Å²) in [5.41, 5.74) is 7.37. The van der Waals surface area contributed by atoms with Crippen molar-refractivity contribution >= 4 is 0 Å². The van der Waals surface area contributed by atoms with Crippen molar-refractivity contribution in [2.45, 2.75) is 57.5 Å². The van der Waals surface area contributed by atoms with E-state index in [-0.39, 0.29) is 5.54 Å². The molecule has 0 saturated heterocycles. The number of nitrogens with zero attached hydrogens (tertiary/aromatic N) is 4. The lowest BCUT2D eigenvalue weighted by Gasteiger charge is -2.42. The van der Waals surface area contributed by atoms with Crippen LogP contribution in [0.3, 0.4) is 0 Å². The molecule has 5 heteroatoms. The lowest BCUT2D eigenvalue weighted by atomic mass is 9.88. The number of likely N-dealkylation sites (N-methyl/N-ethyl adjacent to an activating group) is 1. The van der Waals surface area contributed by atoms with Crippen LogP contribution in [0.2, 0.25) is 0 Å². The van der Waals surface area contributed by atoms with Crippen LogP contribution in [0.5, 0.6) is 0 Å². The molecular formula is C14H27N5. The normalized spacial score (nSPS) is 19.6. The van der Waals surface area contributed by atoms with Crippen molar-refractivity contribution in [3.8, 4) is 0 Å². The summed E-state index contributed by atoms with van der Waals surface area (Å²) in [4.78, 5) is 2.52. The van der Waals surface area contributed by atoms with Crippen molar-refractivity contribution in [1.82, 2.24) is 19.9 Å². The minimum absolute atomic E-state index is 0.169. The Morgan fingerprint density at radius 1 is 1.32 bits per heavy atom. The lowest BCUT2D eigenvalue weighted by Crippen LogP contribution is -2.53. The highest BCUT2D eigenvalue weighted by Gasteiger charge is 2.35. The van der Waals surface area contributed by atoms with E-state index >= 15 is 0 Å². The molecule has 5 nitrogen and oxygen atoms in total. The second-order valence-corrected chi connectivity index (χ2v) is 5.74. The average molecular weight is 265 g/mol. The molecule has 0 unspecified atom stereocenters. The monoisotopic (exact) mass is 265 g/mol. The Labute approximate surface area is 116 Å². The van der Waals surface area contributed by atoms with Gasteiger partial charge in [0.15, 0.2) is 0 Å². The Morgan fingerprint density at radius 3 is 2.47 bits per heavy atom. The Morgan fingerprint density at radius 2 is 2.00 bits per heavy atom. The lowest BCUT2D eigenvalue weighted by molar-refractivity contribution is 0.0743. The summed E-state index contributed by atoms with van der Waals surface area (Å²) in [5, 5.41) is 8.24. The molecule has 0 aliphatic heterocycles. The molecule has 1 saturated carbocycles. The molecule has 108 valence electrons. The first-order valence-electron chi connectivity index (χ1n) is 7.50. The first-order chi connectivity index (χ1) is 9.20. The zero-order chi connectivity index (χ0) is 13.7. The zero-order valence-electron chi connectivity index (χ0n) is 12.3. The van der Waals surface area contributed by atoms with E-state index in [1.807, 2.05) is 13.2 Å². The van der Waals surface area contributed by atoms with Gasteiger partial charge in [0.1, 0.15) is 0 Å². The van der Waals surface area contributed by atoms with Crippen molar-refractivity contribution in [2.75, 3.05) is 13.1 Å². The van der Waals surface area contributed by atoms with Gasteiger partial charge in [-0.1, -0.05) is 37.8 Å². The fourth-order valence-corrected chi connectivity index (χ4v) is 3.31. The minimum atomic E-state index is 0.169. The van der Waals surface area contributed by atoms with Crippen LogP contribution in [0.25, 0.3) is 0 Å². The third-order valence-electron chi connectivity index (χ3n) is 4.47. The molecule has 2 N–H and O–H groups in total. The third kappa shape index (κ3) is 3.34. The van der Waals surface area contributed by atoms with Gasteiger partial charge in [-0.2, -0.15) is 0 Å². The second kappa shape index (κ2) is 6.48. The van der Waals surface area contributed by atoms with Crippen LogP contribution >= 0.6 is 0 Å². The van der Waals surface area contributed by atoms with Gasteiger partial charge in [0.2, 0.25) is 0 Å². The molecule has 1 fully saturated rings. The fourth-order valence-electron chi connectivity index (χ4n) is 3.31. The molecule has 0 aromatic carbocycles. The number of nitrogens with two attached hydrogens (primary N) is 1. The Balaban J connectivity index is 2.12. The van der Waals surface area contributed by atoms with Crippen molar-refractivity contribution in [3.05, 3.63) is 11.9 Å².